The Labute approximate surface area is 89.7 Å². The minimum atomic E-state index is -0.0915. The van der Waals surface area contributed by atoms with Crippen molar-refractivity contribution < 1.29 is 4.79 Å². The molecule has 0 aromatic heterocycles. The van der Waals surface area contributed by atoms with E-state index in [4.69, 9.17) is 5.73 Å². The lowest BCUT2D eigenvalue weighted by Crippen LogP contribution is -2.29. The van der Waals surface area contributed by atoms with Crippen molar-refractivity contribution in [1.29, 1.82) is 0 Å². The molecule has 2 rings (SSSR count). The van der Waals surface area contributed by atoms with E-state index in [1.807, 2.05) is 31.2 Å². The SMILES string of the molecule is CC(C(=O)NC1CC1)c1ccc(N)cc1. The number of rotatable bonds is 3. The van der Waals surface area contributed by atoms with Gasteiger partial charge in [-0.1, -0.05) is 12.1 Å². The lowest BCUT2D eigenvalue weighted by molar-refractivity contribution is -0.122. The summed E-state index contributed by atoms with van der Waals surface area (Å²) in [6.07, 6.45) is 2.25. The average molecular weight is 204 g/mol. The highest BCUT2D eigenvalue weighted by Gasteiger charge is 2.25. The molecule has 0 heterocycles. The molecule has 1 amide bonds. The summed E-state index contributed by atoms with van der Waals surface area (Å²) < 4.78 is 0. The number of carbonyl (C=O) groups is 1. The molecular weight excluding hydrogens is 188 g/mol. The van der Waals surface area contributed by atoms with Crippen LogP contribution in [0.2, 0.25) is 0 Å². The van der Waals surface area contributed by atoms with Gasteiger partial charge in [0.1, 0.15) is 0 Å². The number of nitrogen functional groups attached to an aromatic ring is 1. The van der Waals surface area contributed by atoms with Gasteiger partial charge in [-0.05, 0) is 37.5 Å². The molecular formula is C12H16N2O. The Morgan fingerprint density at radius 1 is 1.40 bits per heavy atom. The van der Waals surface area contributed by atoms with Crippen molar-refractivity contribution in [3.8, 4) is 0 Å². The van der Waals surface area contributed by atoms with Gasteiger partial charge >= 0.3 is 0 Å². The second kappa shape index (κ2) is 3.93. The van der Waals surface area contributed by atoms with Gasteiger partial charge in [0.25, 0.3) is 0 Å². The van der Waals surface area contributed by atoms with Crippen LogP contribution in [0.3, 0.4) is 0 Å². The van der Waals surface area contributed by atoms with Gasteiger partial charge in [0.05, 0.1) is 5.92 Å². The van der Waals surface area contributed by atoms with Crippen LogP contribution in [0.15, 0.2) is 24.3 Å². The van der Waals surface area contributed by atoms with Gasteiger partial charge in [-0.15, -0.1) is 0 Å². The molecule has 1 aromatic carbocycles. The molecule has 0 spiro atoms. The Hall–Kier alpha value is -1.51. The number of carbonyl (C=O) groups excluding carboxylic acids is 1. The first-order valence-corrected chi connectivity index (χ1v) is 5.32. The molecule has 1 saturated carbocycles. The monoisotopic (exact) mass is 204 g/mol. The van der Waals surface area contributed by atoms with Crippen molar-refractivity contribution in [3.05, 3.63) is 29.8 Å². The third-order valence-electron chi connectivity index (χ3n) is 2.75. The Morgan fingerprint density at radius 3 is 2.53 bits per heavy atom. The smallest absolute Gasteiger partial charge is 0.227 e. The van der Waals surface area contributed by atoms with E-state index in [-0.39, 0.29) is 11.8 Å². The van der Waals surface area contributed by atoms with Crippen molar-refractivity contribution in [2.24, 2.45) is 0 Å². The van der Waals surface area contributed by atoms with Gasteiger partial charge in [0, 0.05) is 11.7 Å². The van der Waals surface area contributed by atoms with Crippen LogP contribution in [0.4, 0.5) is 5.69 Å². The molecule has 0 bridgehead atoms. The van der Waals surface area contributed by atoms with E-state index in [0.717, 1.165) is 24.1 Å². The van der Waals surface area contributed by atoms with Crippen LogP contribution < -0.4 is 11.1 Å². The Morgan fingerprint density at radius 2 is 2.00 bits per heavy atom. The van der Waals surface area contributed by atoms with Crippen molar-refractivity contribution in [1.82, 2.24) is 5.32 Å². The number of nitrogens with one attached hydrogen (secondary N) is 1. The number of amides is 1. The number of hydrogen-bond acceptors (Lipinski definition) is 2. The lowest BCUT2D eigenvalue weighted by atomic mass is 10.00. The maximum atomic E-state index is 11.7. The fraction of sp³-hybridized carbons (Fsp3) is 0.417. The van der Waals surface area contributed by atoms with Gasteiger partial charge < -0.3 is 11.1 Å². The molecule has 0 aliphatic heterocycles. The molecule has 15 heavy (non-hydrogen) atoms. The predicted molar refractivity (Wildman–Crippen MR) is 60.4 cm³/mol. The Kier molecular flexibility index (Phi) is 2.62. The lowest BCUT2D eigenvalue weighted by Gasteiger charge is -2.12. The minimum Gasteiger partial charge on any atom is -0.399 e. The van der Waals surface area contributed by atoms with Crippen molar-refractivity contribution in [2.75, 3.05) is 5.73 Å². The third kappa shape index (κ3) is 2.49. The number of nitrogens with two attached hydrogens (primary N) is 1. The first-order chi connectivity index (χ1) is 7.16. The van der Waals surface area contributed by atoms with Gasteiger partial charge in [0.15, 0.2) is 0 Å². The summed E-state index contributed by atoms with van der Waals surface area (Å²) in [5.41, 5.74) is 7.34. The van der Waals surface area contributed by atoms with E-state index in [2.05, 4.69) is 5.32 Å². The second-order valence-corrected chi connectivity index (χ2v) is 4.17. The number of hydrogen-bond donors (Lipinski definition) is 2. The first kappa shape index (κ1) is 10.0. The molecule has 0 saturated heterocycles. The van der Waals surface area contributed by atoms with E-state index < -0.39 is 0 Å². The molecule has 3 heteroatoms. The molecule has 0 radical (unpaired) electrons. The van der Waals surface area contributed by atoms with Crippen LogP contribution in [0.25, 0.3) is 0 Å². The molecule has 1 aromatic rings. The fourth-order valence-corrected chi connectivity index (χ4v) is 1.49. The highest BCUT2D eigenvalue weighted by molar-refractivity contribution is 5.83. The van der Waals surface area contributed by atoms with Gasteiger partial charge in [-0.3, -0.25) is 4.79 Å². The molecule has 1 aliphatic carbocycles. The summed E-state index contributed by atoms with van der Waals surface area (Å²) in [6.45, 7) is 1.92. The summed E-state index contributed by atoms with van der Waals surface area (Å²) >= 11 is 0. The average Bonchev–Trinajstić information content (AvgIpc) is 3.02. The molecule has 3 N–H and O–H groups in total. The normalized spacial score (nSPS) is 17.1. The Balaban J connectivity index is 2.02. The maximum absolute atomic E-state index is 11.7. The summed E-state index contributed by atoms with van der Waals surface area (Å²) in [4.78, 5) is 11.7. The molecule has 1 unspecified atom stereocenters. The summed E-state index contributed by atoms with van der Waals surface area (Å²) in [6, 6.07) is 7.90. The molecule has 1 aliphatic rings. The van der Waals surface area contributed by atoms with Gasteiger partial charge in [-0.2, -0.15) is 0 Å². The van der Waals surface area contributed by atoms with Crippen LogP contribution in [0, 0.1) is 0 Å². The third-order valence-corrected chi connectivity index (χ3v) is 2.75. The maximum Gasteiger partial charge on any atom is 0.227 e. The fourth-order valence-electron chi connectivity index (χ4n) is 1.49. The predicted octanol–water partition coefficient (Wildman–Crippen LogP) is 1.65. The van der Waals surface area contributed by atoms with Gasteiger partial charge in [-0.25, -0.2) is 0 Å². The number of benzene rings is 1. The van der Waals surface area contributed by atoms with Crippen molar-refractivity contribution >= 4 is 11.6 Å². The Bertz CT molecular complexity index is 354. The molecule has 80 valence electrons. The quantitative estimate of drug-likeness (QED) is 0.735. The summed E-state index contributed by atoms with van der Waals surface area (Å²) in [5, 5.41) is 3.00. The van der Waals surface area contributed by atoms with Crippen LogP contribution in [-0.4, -0.2) is 11.9 Å². The minimum absolute atomic E-state index is 0.0915. The summed E-state index contributed by atoms with van der Waals surface area (Å²) in [7, 11) is 0. The zero-order chi connectivity index (χ0) is 10.8. The van der Waals surface area contributed by atoms with Crippen LogP contribution in [0.5, 0.6) is 0 Å². The largest absolute Gasteiger partial charge is 0.399 e. The highest BCUT2D eigenvalue weighted by Crippen LogP contribution is 2.22. The first-order valence-electron chi connectivity index (χ1n) is 5.32. The molecule has 1 fully saturated rings. The van der Waals surface area contributed by atoms with E-state index in [9.17, 15) is 4.79 Å². The summed E-state index contributed by atoms with van der Waals surface area (Å²) in [5.74, 6) is 0.0217. The zero-order valence-electron chi connectivity index (χ0n) is 8.86. The van der Waals surface area contributed by atoms with E-state index in [0.29, 0.717) is 6.04 Å². The van der Waals surface area contributed by atoms with Gasteiger partial charge in [0.2, 0.25) is 5.91 Å². The van der Waals surface area contributed by atoms with Crippen molar-refractivity contribution in [2.45, 2.75) is 31.7 Å². The number of anilines is 1. The van der Waals surface area contributed by atoms with E-state index in [1.165, 1.54) is 0 Å². The molecule has 1 atom stereocenters. The second-order valence-electron chi connectivity index (χ2n) is 4.17. The van der Waals surface area contributed by atoms with Crippen LogP contribution in [-0.2, 0) is 4.79 Å². The topological polar surface area (TPSA) is 55.1 Å². The molecule has 3 nitrogen and oxygen atoms in total. The highest BCUT2D eigenvalue weighted by atomic mass is 16.1. The zero-order valence-corrected chi connectivity index (χ0v) is 8.86. The van der Waals surface area contributed by atoms with E-state index >= 15 is 0 Å². The standard InChI is InChI=1S/C12H16N2O/c1-8(12(15)14-11-6-7-11)9-2-4-10(13)5-3-9/h2-5,8,11H,6-7,13H2,1H3,(H,14,15). The van der Waals surface area contributed by atoms with Crippen LogP contribution >= 0.6 is 0 Å². The van der Waals surface area contributed by atoms with E-state index in [1.54, 1.807) is 0 Å². The van der Waals surface area contributed by atoms with Crippen molar-refractivity contribution in [3.63, 3.8) is 0 Å². The van der Waals surface area contributed by atoms with Crippen LogP contribution in [0.1, 0.15) is 31.2 Å².